The van der Waals surface area contributed by atoms with Crippen LogP contribution in [0.3, 0.4) is 0 Å². The second-order valence-corrected chi connectivity index (χ2v) is 9.42. The molecule has 1 aromatic carbocycles. The molecule has 9 nitrogen and oxygen atoms in total. The van der Waals surface area contributed by atoms with Gasteiger partial charge in [-0.05, 0) is 62.9 Å². The summed E-state index contributed by atoms with van der Waals surface area (Å²) in [7, 11) is 0. The van der Waals surface area contributed by atoms with Gasteiger partial charge in [0.2, 0.25) is 11.8 Å². The Morgan fingerprint density at radius 1 is 0.938 bits per heavy atom. The summed E-state index contributed by atoms with van der Waals surface area (Å²) in [5.41, 5.74) is 7.60. The third-order valence-electron chi connectivity index (χ3n) is 7.22. The number of nitrogens with one attached hydrogen (secondary N) is 1. The summed E-state index contributed by atoms with van der Waals surface area (Å²) < 4.78 is 0. The highest BCUT2D eigenvalue weighted by atomic mass is 16.2. The molecule has 0 saturated carbocycles. The zero-order valence-electron chi connectivity index (χ0n) is 18.1. The highest BCUT2D eigenvalue weighted by molar-refractivity contribution is 6.23. The predicted octanol–water partition coefficient (Wildman–Crippen LogP) is 0.337. The van der Waals surface area contributed by atoms with Crippen LogP contribution < -0.4 is 16.0 Å². The van der Waals surface area contributed by atoms with Crippen LogP contribution in [0.25, 0.3) is 0 Å². The molecule has 4 amide bonds. The van der Waals surface area contributed by atoms with E-state index in [2.05, 4.69) is 15.1 Å². The number of carbonyl (C=O) groups excluding carboxylic acids is 4. The van der Waals surface area contributed by atoms with Gasteiger partial charge in [0.1, 0.15) is 6.04 Å². The van der Waals surface area contributed by atoms with Crippen molar-refractivity contribution in [1.29, 1.82) is 0 Å². The third kappa shape index (κ3) is 3.80. The van der Waals surface area contributed by atoms with Gasteiger partial charge >= 0.3 is 0 Å². The molecule has 9 heteroatoms. The van der Waals surface area contributed by atoms with Gasteiger partial charge in [-0.2, -0.15) is 0 Å². The molecule has 1 unspecified atom stereocenters. The molecule has 3 fully saturated rings. The summed E-state index contributed by atoms with van der Waals surface area (Å²) in [4.78, 5) is 55.4. The minimum absolute atomic E-state index is 0.118. The van der Waals surface area contributed by atoms with E-state index in [1.165, 1.54) is 0 Å². The Labute approximate surface area is 186 Å². The molecule has 3 N–H and O–H groups in total. The molecule has 1 aromatic rings. The monoisotopic (exact) mass is 439 g/mol. The van der Waals surface area contributed by atoms with Crippen molar-refractivity contribution in [2.45, 2.75) is 44.2 Å². The maximum absolute atomic E-state index is 13.1. The highest BCUT2D eigenvalue weighted by Gasteiger charge is 2.44. The fraction of sp³-hybridized carbons (Fsp3) is 0.565. The molecule has 4 heterocycles. The average molecular weight is 440 g/mol. The molecule has 0 spiro atoms. The number of carbonyl (C=O) groups is 4. The molecular formula is C23H29N5O4. The topological polar surface area (TPSA) is 116 Å². The number of fused-ring (bicyclic) bond motifs is 1. The second kappa shape index (κ2) is 8.29. The van der Waals surface area contributed by atoms with E-state index in [0.29, 0.717) is 23.1 Å². The van der Waals surface area contributed by atoms with E-state index in [-0.39, 0.29) is 18.7 Å². The number of piperidine rings is 2. The van der Waals surface area contributed by atoms with Crippen molar-refractivity contribution in [3.8, 4) is 0 Å². The molecule has 4 aliphatic heterocycles. The van der Waals surface area contributed by atoms with Gasteiger partial charge in [-0.15, -0.1) is 0 Å². The Balaban J connectivity index is 1.27. The number of benzene rings is 1. The summed E-state index contributed by atoms with van der Waals surface area (Å²) >= 11 is 0. The summed E-state index contributed by atoms with van der Waals surface area (Å²) in [6.07, 6.45) is 3.49. The molecular weight excluding hydrogens is 410 g/mol. The van der Waals surface area contributed by atoms with Crippen LogP contribution in [0.1, 0.15) is 52.8 Å². The Bertz CT molecular complexity index is 971. The molecule has 0 radical (unpaired) electrons. The van der Waals surface area contributed by atoms with Crippen LogP contribution in [0.15, 0.2) is 18.2 Å². The molecule has 5 rings (SSSR count). The number of likely N-dealkylation sites (tertiary alicyclic amines) is 1. The van der Waals surface area contributed by atoms with Gasteiger partial charge < -0.3 is 15.5 Å². The zero-order valence-corrected chi connectivity index (χ0v) is 18.1. The zero-order chi connectivity index (χ0) is 22.4. The quantitative estimate of drug-likeness (QED) is 0.650. The van der Waals surface area contributed by atoms with Crippen LogP contribution in [0.4, 0.5) is 5.69 Å². The number of hydrogen-bond donors (Lipinski definition) is 2. The van der Waals surface area contributed by atoms with Gasteiger partial charge in [-0.25, -0.2) is 0 Å². The first-order valence-electron chi connectivity index (χ1n) is 11.5. The number of nitrogens with two attached hydrogens (primary N) is 1. The lowest BCUT2D eigenvalue weighted by Crippen LogP contribution is -2.54. The summed E-state index contributed by atoms with van der Waals surface area (Å²) in [5.74, 6) is -1.32. The first kappa shape index (κ1) is 21.1. The molecule has 32 heavy (non-hydrogen) atoms. The smallest absolute Gasteiger partial charge is 0.262 e. The lowest BCUT2D eigenvalue weighted by atomic mass is 10.0. The van der Waals surface area contributed by atoms with Crippen molar-refractivity contribution in [2.24, 2.45) is 11.7 Å². The SMILES string of the molecule is NC1CCN(C[C@@H]2CCN(c3ccc4c(c3)C(=O)N(C3CCC(=O)NC3=O)C4=O)C2)CC1. The summed E-state index contributed by atoms with van der Waals surface area (Å²) in [6, 6.07) is 4.76. The summed E-state index contributed by atoms with van der Waals surface area (Å²) in [5, 5.41) is 2.23. The van der Waals surface area contributed by atoms with Crippen LogP contribution in [0.5, 0.6) is 0 Å². The molecule has 3 saturated heterocycles. The maximum atomic E-state index is 13.1. The molecule has 170 valence electrons. The van der Waals surface area contributed by atoms with Crippen LogP contribution in [0.2, 0.25) is 0 Å². The lowest BCUT2D eigenvalue weighted by Gasteiger charge is -2.32. The van der Waals surface area contributed by atoms with Crippen molar-refractivity contribution in [3.63, 3.8) is 0 Å². The Kier molecular flexibility index (Phi) is 5.46. The lowest BCUT2D eigenvalue weighted by molar-refractivity contribution is -0.136. The minimum Gasteiger partial charge on any atom is -0.371 e. The van der Waals surface area contributed by atoms with E-state index in [1.807, 2.05) is 6.07 Å². The minimum atomic E-state index is -0.933. The predicted molar refractivity (Wildman–Crippen MR) is 117 cm³/mol. The van der Waals surface area contributed by atoms with E-state index in [1.54, 1.807) is 12.1 Å². The van der Waals surface area contributed by atoms with E-state index in [0.717, 1.165) is 62.6 Å². The number of amides is 4. The Hall–Kier alpha value is -2.78. The largest absolute Gasteiger partial charge is 0.371 e. The molecule has 0 aliphatic carbocycles. The van der Waals surface area contributed by atoms with Crippen LogP contribution >= 0.6 is 0 Å². The van der Waals surface area contributed by atoms with Gasteiger partial charge in [0.15, 0.2) is 0 Å². The van der Waals surface area contributed by atoms with Crippen molar-refractivity contribution in [2.75, 3.05) is 37.6 Å². The van der Waals surface area contributed by atoms with E-state index < -0.39 is 23.8 Å². The van der Waals surface area contributed by atoms with Crippen molar-refractivity contribution in [1.82, 2.24) is 15.1 Å². The van der Waals surface area contributed by atoms with E-state index in [4.69, 9.17) is 5.73 Å². The molecule has 0 bridgehead atoms. The highest BCUT2D eigenvalue weighted by Crippen LogP contribution is 2.32. The van der Waals surface area contributed by atoms with Crippen molar-refractivity contribution < 1.29 is 19.2 Å². The fourth-order valence-corrected chi connectivity index (χ4v) is 5.37. The Morgan fingerprint density at radius 2 is 1.69 bits per heavy atom. The van der Waals surface area contributed by atoms with Gasteiger partial charge in [0.05, 0.1) is 11.1 Å². The third-order valence-corrected chi connectivity index (χ3v) is 7.22. The van der Waals surface area contributed by atoms with Crippen LogP contribution in [-0.2, 0) is 9.59 Å². The molecule has 4 aliphatic rings. The van der Waals surface area contributed by atoms with Crippen LogP contribution in [-0.4, -0.2) is 78.2 Å². The van der Waals surface area contributed by atoms with Gasteiger partial charge in [-0.3, -0.25) is 29.4 Å². The van der Waals surface area contributed by atoms with E-state index in [9.17, 15) is 19.2 Å². The number of imide groups is 2. The number of rotatable bonds is 4. The first-order valence-corrected chi connectivity index (χ1v) is 11.5. The maximum Gasteiger partial charge on any atom is 0.262 e. The molecule has 2 atom stereocenters. The van der Waals surface area contributed by atoms with Crippen molar-refractivity contribution >= 4 is 29.3 Å². The summed E-state index contributed by atoms with van der Waals surface area (Å²) in [6.45, 7) is 5.01. The number of nitrogens with zero attached hydrogens (tertiary/aromatic N) is 3. The van der Waals surface area contributed by atoms with E-state index >= 15 is 0 Å². The number of anilines is 1. The first-order chi connectivity index (χ1) is 15.4. The molecule has 0 aromatic heterocycles. The fourth-order valence-electron chi connectivity index (χ4n) is 5.37. The van der Waals surface area contributed by atoms with Crippen LogP contribution in [0, 0.1) is 5.92 Å². The second-order valence-electron chi connectivity index (χ2n) is 9.42. The Morgan fingerprint density at radius 3 is 2.44 bits per heavy atom. The van der Waals surface area contributed by atoms with Gasteiger partial charge in [0, 0.05) is 37.8 Å². The van der Waals surface area contributed by atoms with Crippen molar-refractivity contribution in [3.05, 3.63) is 29.3 Å². The van der Waals surface area contributed by atoms with Gasteiger partial charge in [-0.1, -0.05) is 0 Å². The number of hydrogen-bond acceptors (Lipinski definition) is 7. The standard InChI is InChI=1S/C23H29N5O4/c24-15-6-8-26(9-7-15)12-14-5-10-27(13-14)16-1-2-17-18(11-16)23(32)28(22(17)31)19-3-4-20(29)25-21(19)30/h1-2,11,14-15,19H,3-10,12-13,24H2,(H,25,29,30)/t14-,19?/m0/s1. The normalized spacial score (nSPS) is 27.3. The van der Waals surface area contributed by atoms with Gasteiger partial charge in [0.25, 0.3) is 11.8 Å². The average Bonchev–Trinajstić information content (AvgIpc) is 3.33.